The van der Waals surface area contributed by atoms with Crippen LogP contribution in [0.1, 0.15) is 40.5 Å². The summed E-state index contributed by atoms with van der Waals surface area (Å²) >= 11 is 0. The van der Waals surface area contributed by atoms with Crippen LogP contribution in [0.5, 0.6) is 0 Å². The highest BCUT2D eigenvalue weighted by Gasteiger charge is 2.51. The number of rotatable bonds is 3. The molecule has 18 heavy (non-hydrogen) atoms. The minimum Gasteiger partial charge on any atom is -1.00 e. The molecule has 1 aliphatic carbocycles. The van der Waals surface area contributed by atoms with Crippen molar-refractivity contribution in [1.29, 1.82) is 0 Å². The highest BCUT2D eigenvalue weighted by Crippen LogP contribution is 2.49. The second-order valence-electron chi connectivity index (χ2n) is 7.35. The van der Waals surface area contributed by atoms with Gasteiger partial charge >= 0.3 is 0 Å². The molecule has 0 aromatic carbocycles. The smallest absolute Gasteiger partial charge is 0.121 e. The van der Waals surface area contributed by atoms with Crippen LogP contribution in [0, 0.1) is 11.3 Å². The van der Waals surface area contributed by atoms with Crippen molar-refractivity contribution in [2.24, 2.45) is 11.3 Å². The molecule has 0 fully saturated rings. The van der Waals surface area contributed by atoms with Crippen molar-refractivity contribution in [2.75, 3.05) is 21.1 Å². The monoisotopic (exact) mass is 363 g/mol. The molecule has 2 atom stereocenters. The first-order chi connectivity index (χ1) is 7.56. The quantitative estimate of drug-likeness (QED) is 0.399. The molecule has 106 valence electrons. The van der Waals surface area contributed by atoms with Gasteiger partial charge in [0.25, 0.3) is 0 Å². The molecule has 2 heteroatoms. The summed E-state index contributed by atoms with van der Waals surface area (Å²) in [7, 11) is 6.83. The second kappa shape index (κ2) is 5.66. The van der Waals surface area contributed by atoms with E-state index in [1.54, 1.807) is 0 Å². The van der Waals surface area contributed by atoms with Crippen molar-refractivity contribution in [2.45, 2.75) is 46.1 Å². The largest absolute Gasteiger partial charge is 1.00 e. The molecule has 1 aliphatic rings. The highest BCUT2D eigenvalue weighted by atomic mass is 127. The van der Waals surface area contributed by atoms with Gasteiger partial charge in [0, 0.05) is 5.92 Å². The minimum absolute atomic E-state index is 0. The Labute approximate surface area is 131 Å². The van der Waals surface area contributed by atoms with Crippen LogP contribution in [0.4, 0.5) is 0 Å². The Morgan fingerprint density at radius 1 is 1.39 bits per heavy atom. The maximum absolute atomic E-state index is 4.13. The first-order valence-electron chi connectivity index (χ1n) is 6.68. The van der Waals surface area contributed by atoms with E-state index >= 15 is 0 Å². The lowest BCUT2D eigenvalue weighted by molar-refractivity contribution is -0.919. The number of hydrogen-bond donors (Lipinski definition) is 0. The molecular weight excluding hydrogens is 333 g/mol. The molecule has 0 saturated heterocycles. The Morgan fingerprint density at radius 3 is 2.22 bits per heavy atom. The summed E-state index contributed by atoms with van der Waals surface area (Å²) in [4.78, 5) is 0. The molecule has 0 saturated carbocycles. The summed E-state index contributed by atoms with van der Waals surface area (Å²) in [6, 6.07) is 0. The first kappa shape index (κ1) is 18.2. The topological polar surface area (TPSA) is 0 Å². The molecule has 1 rings (SSSR count). The van der Waals surface area contributed by atoms with Gasteiger partial charge in [0.15, 0.2) is 0 Å². The van der Waals surface area contributed by atoms with E-state index in [9.17, 15) is 0 Å². The van der Waals surface area contributed by atoms with E-state index in [-0.39, 0.29) is 29.5 Å². The molecule has 2 unspecified atom stereocenters. The summed E-state index contributed by atoms with van der Waals surface area (Å²) in [5.74, 6) is 0.571. The van der Waals surface area contributed by atoms with Crippen molar-refractivity contribution in [3.8, 4) is 0 Å². The van der Waals surface area contributed by atoms with Gasteiger partial charge in [0.2, 0.25) is 0 Å². The summed E-state index contributed by atoms with van der Waals surface area (Å²) in [5.41, 5.74) is 1.98. The van der Waals surface area contributed by atoms with Crippen LogP contribution in [-0.2, 0) is 0 Å². The number of allylic oxidation sites excluding steroid dienone is 1. The Kier molecular flexibility index (Phi) is 5.71. The molecular formula is C16H30IN. The van der Waals surface area contributed by atoms with E-state index in [1.165, 1.54) is 18.4 Å². The average molecular weight is 363 g/mol. The Bertz CT molecular complexity index is 335. The van der Waals surface area contributed by atoms with Crippen LogP contribution in [0.25, 0.3) is 0 Å². The first-order valence-corrected chi connectivity index (χ1v) is 6.68. The summed E-state index contributed by atoms with van der Waals surface area (Å²) in [6.07, 6.45) is 7.09. The number of halogens is 1. The number of quaternary nitrogens is 1. The molecule has 0 aromatic rings. The zero-order chi connectivity index (χ0) is 13.5. The Morgan fingerprint density at radius 2 is 1.89 bits per heavy atom. The minimum atomic E-state index is 0. The van der Waals surface area contributed by atoms with E-state index in [2.05, 4.69) is 67.6 Å². The van der Waals surface area contributed by atoms with Gasteiger partial charge in [-0.1, -0.05) is 32.1 Å². The Balaban J connectivity index is 0.00000289. The molecule has 0 spiro atoms. The van der Waals surface area contributed by atoms with Gasteiger partial charge < -0.3 is 28.5 Å². The summed E-state index contributed by atoms with van der Waals surface area (Å²) in [5, 5.41) is 0. The summed E-state index contributed by atoms with van der Waals surface area (Å²) < 4.78 is 0.926. The van der Waals surface area contributed by atoms with Gasteiger partial charge in [-0.15, -0.1) is 0 Å². The van der Waals surface area contributed by atoms with Gasteiger partial charge in [-0.05, 0) is 38.2 Å². The van der Waals surface area contributed by atoms with Gasteiger partial charge in [0.1, 0.15) is 5.54 Å². The SMILES string of the molecule is C=CC(C)(C1C(C)=CCCC1(C)C)[N+](C)(C)C.[I-]. The van der Waals surface area contributed by atoms with E-state index in [0.29, 0.717) is 11.3 Å². The van der Waals surface area contributed by atoms with E-state index in [1.807, 2.05) is 0 Å². The van der Waals surface area contributed by atoms with Crippen molar-refractivity contribution < 1.29 is 28.5 Å². The number of hydrogen-bond acceptors (Lipinski definition) is 0. The van der Waals surface area contributed by atoms with Gasteiger partial charge in [-0.2, -0.15) is 0 Å². The van der Waals surface area contributed by atoms with Crippen LogP contribution in [0.15, 0.2) is 24.3 Å². The van der Waals surface area contributed by atoms with E-state index < -0.39 is 0 Å². The van der Waals surface area contributed by atoms with E-state index in [0.717, 1.165) is 4.48 Å². The molecule has 1 nitrogen and oxygen atoms in total. The van der Waals surface area contributed by atoms with Gasteiger partial charge in [-0.3, -0.25) is 0 Å². The van der Waals surface area contributed by atoms with Gasteiger partial charge in [-0.25, -0.2) is 0 Å². The molecule has 0 bridgehead atoms. The van der Waals surface area contributed by atoms with Gasteiger partial charge in [0.05, 0.1) is 21.1 Å². The molecule has 0 aromatic heterocycles. The van der Waals surface area contributed by atoms with Crippen LogP contribution < -0.4 is 24.0 Å². The second-order valence-corrected chi connectivity index (χ2v) is 7.35. The predicted octanol–water partition coefficient (Wildman–Crippen LogP) is 1.02. The van der Waals surface area contributed by atoms with Crippen molar-refractivity contribution in [3.05, 3.63) is 24.3 Å². The Hall–Kier alpha value is 0.170. The maximum atomic E-state index is 4.13. The lowest BCUT2D eigenvalue weighted by Gasteiger charge is -2.53. The molecule has 0 amide bonds. The molecule has 0 aliphatic heterocycles. The lowest BCUT2D eigenvalue weighted by Crippen LogP contribution is -3.00. The molecule has 0 N–H and O–H groups in total. The third-order valence-electron chi connectivity index (χ3n) is 4.93. The maximum Gasteiger partial charge on any atom is 0.121 e. The third kappa shape index (κ3) is 3.01. The van der Waals surface area contributed by atoms with Crippen molar-refractivity contribution in [3.63, 3.8) is 0 Å². The molecule has 0 radical (unpaired) electrons. The average Bonchev–Trinajstić information content (AvgIpc) is 2.13. The third-order valence-corrected chi connectivity index (χ3v) is 4.93. The van der Waals surface area contributed by atoms with E-state index in [4.69, 9.17) is 0 Å². The van der Waals surface area contributed by atoms with Crippen LogP contribution >= 0.6 is 0 Å². The lowest BCUT2D eigenvalue weighted by atomic mass is 9.60. The standard InChI is InChI=1S/C16H30N.HI/c1-9-16(5,17(6,7)8)14-13(2)11-10-12-15(14,3)4;/h9,11,14H,1,10,12H2,2-8H3;1H/q+1;/p-1. The normalized spacial score (nSPS) is 26.6. The highest BCUT2D eigenvalue weighted by molar-refractivity contribution is 5.21. The van der Waals surface area contributed by atoms with Crippen LogP contribution in [-0.4, -0.2) is 31.2 Å². The zero-order valence-corrected chi connectivity index (χ0v) is 15.3. The fraction of sp³-hybridized carbons (Fsp3) is 0.750. The van der Waals surface area contributed by atoms with Crippen molar-refractivity contribution in [1.82, 2.24) is 0 Å². The van der Waals surface area contributed by atoms with Crippen molar-refractivity contribution >= 4 is 0 Å². The van der Waals surface area contributed by atoms with Crippen LogP contribution in [0.2, 0.25) is 0 Å². The molecule has 0 heterocycles. The number of likely N-dealkylation sites (N-methyl/N-ethyl adjacent to an activating group) is 1. The summed E-state index contributed by atoms with van der Waals surface area (Å²) in [6.45, 7) is 13.6. The predicted molar refractivity (Wildman–Crippen MR) is 76.9 cm³/mol. The number of nitrogens with zero attached hydrogens (tertiary/aromatic N) is 1. The fourth-order valence-corrected chi connectivity index (χ4v) is 3.58. The fourth-order valence-electron chi connectivity index (χ4n) is 3.58. The zero-order valence-electron chi connectivity index (χ0n) is 13.2. The van der Waals surface area contributed by atoms with Crippen LogP contribution in [0.3, 0.4) is 0 Å².